The molecule has 8 heteroatoms. The summed E-state index contributed by atoms with van der Waals surface area (Å²) < 4.78 is 7.59. The Kier molecular flexibility index (Phi) is 6.42. The van der Waals surface area contributed by atoms with Gasteiger partial charge in [0, 0.05) is 36.6 Å². The number of rotatable bonds is 7. The quantitative estimate of drug-likeness (QED) is 0.424. The lowest BCUT2D eigenvalue weighted by molar-refractivity contribution is -0.137. The van der Waals surface area contributed by atoms with E-state index in [1.54, 1.807) is 24.4 Å². The van der Waals surface area contributed by atoms with E-state index in [0.717, 1.165) is 44.2 Å². The molecule has 2 aromatic carbocycles. The number of anilines is 1. The number of likely N-dealkylation sites (tertiary alicyclic amines) is 1. The topological polar surface area (TPSA) is 67.7 Å². The van der Waals surface area contributed by atoms with Gasteiger partial charge in [-0.25, -0.2) is 0 Å². The van der Waals surface area contributed by atoms with Crippen LogP contribution >= 0.6 is 11.6 Å². The van der Waals surface area contributed by atoms with E-state index in [1.165, 1.54) is 4.68 Å². The number of hydrogen-bond donors (Lipinski definition) is 0. The first-order valence-electron chi connectivity index (χ1n) is 13.5. The van der Waals surface area contributed by atoms with Gasteiger partial charge in [0.2, 0.25) is 11.7 Å². The van der Waals surface area contributed by atoms with Crippen LogP contribution in [-0.2, 0) is 11.3 Å². The summed E-state index contributed by atoms with van der Waals surface area (Å²) in [5, 5.41) is 5.04. The fraction of sp³-hybridized carbons (Fsp3) is 0.433. The standard InChI is InChI=1S/C30H33ClN4O3/c1-29(10-11-29)21-38-26-25(19-32-35(27(26)36)24-9-5-8-23(31)18-24)33-15-12-30(13-16-33)14-17-34(28(30)37)20-22-6-3-2-4-7-22/h2-9,18-19H,10-17,20-21H2,1H3. The zero-order valence-electron chi connectivity index (χ0n) is 21.7. The van der Waals surface area contributed by atoms with Crippen molar-refractivity contribution in [2.75, 3.05) is 31.1 Å². The molecule has 3 fully saturated rings. The fourth-order valence-electron chi connectivity index (χ4n) is 5.67. The predicted molar refractivity (Wildman–Crippen MR) is 148 cm³/mol. The molecule has 7 nitrogen and oxygen atoms in total. The zero-order valence-corrected chi connectivity index (χ0v) is 22.5. The molecule has 1 aliphatic carbocycles. The lowest BCUT2D eigenvalue weighted by Gasteiger charge is -2.39. The molecule has 2 saturated heterocycles. The molecule has 0 radical (unpaired) electrons. The third kappa shape index (κ3) is 4.80. The van der Waals surface area contributed by atoms with Crippen LogP contribution in [0.2, 0.25) is 5.02 Å². The maximum atomic E-state index is 13.6. The Morgan fingerprint density at radius 1 is 0.947 bits per heavy atom. The monoisotopic (exact) mass is 532 g/mol. The normalized spacial score (nSPS) is 19.7. The average Bonchev–Trinajstić information content (AvgIpc) is 3.60. The molecule has 0 unspecified atom stereocenters. The molecule has 3 aliphatic rings. The molecule has 3 heterocycles. The molecule has 38 heavy (non-hydrogen) atoms. The van der Waals surface area contributed by atoms with Crippen molar-refractivity contribution >= 4 is 23.2 Å². The van der Waals surface area contributed by atoms with Crippen molar-refractivity contribution in [3.8, 4) is 11.4 Å². The van der Waals surface area contributed by atoms with E-state index in [4.69, 9.17) is 16.3 Å². The summed E-state index contributed by atoms with van der Waals surface area (Å²) >= 11 is 6.18. The Hall–Kier alpha value is -3.32. The second-order valence-electron chi connectivity index (χ2n) is 11.4. The third-order valence-corrected chi connectivity index (χ3v) is 8.75. The van der Waals surface area contributed by atoms with Gasteiger partial charge in [0.15, 0.2) is 0 Å². The zero-order chi connectivity index (χ0) is 26.3. The van der Waals surface area contributed by atoms with Gasteiger partial charge in [-0.2, -0.15) is 9.78 Å². The summed E-state index contributed by atoms with van der Waals surface area (Å²) in [7, 11) is 0. The minimum Gasteiger partial charge on any atom is -0.486 e. The van der Waals surface area contributed by atoms with E-state index >= 15 is 0 Å². The first-order valence-corrected chi connectivity index (χ1v) is 13.8. The van der Waals surface area contributed by atoms with Crippen molar-refractivity contribution in [3.05, 3.63) is 81.7 Å². The molecule has 0 atom stereocenters. The van der Waals surface area contributed by atoms with E-state index < -0.39 is 0 Å². The second kappa shape index (κ2) is 9.77. The molecule has 1 saturated carbocycles. The summed E-state index contributed by atoms with van der Waals surface area (Å²) in [4.78, 5) is 31.3. The van der Waals surface area contributed by atoms with Crippen molar-refractivity contribution in [1.29, 1.82) is 0 Å². The number of ether oxygens (including phenoxy) is 1. The second-order valence-corrected chi connectivity index (χ2v) is 11.8. The van der Waals surface area contributed by atoms with Gasteiger partial charge in [-0.3, -0.25) is 9.59 Å². The first-order chi connectivity index (χ1) is 18.4. The van der Waals surface area contributed by atoms with Crippen molar-refractivity contribution in [2.45, 2.75) is 45.6 Å². The number of nitrogens with zero attached hydrogens (tertiary/aromatic N) is 4. The number of hydrogen-bond acceptors (Lipinski definition) is 5. The third-order valence-electron chi connectivity index (χ3n) is 8.51. The molecule has 0 bridgehead atoms. The average molecular weight is 533 g/mol. The number of aromatic nitrogens is 2. The summed E-state index contributed by atoms with van der Waals surface area (Å²) in [5.74, 6) is 0.584. The van der Waals surface area contributed by atoms with Crippen LogP contribution in [0.25, 0.3) is 5.69 Å². The summed E-state index contributed by atoms with van der Waals surface area (Å²) in [6.07, 6.45) is 6.32. The Morgan fingerprint density at radius 2 is 1.68 bits per heavy atom. The van der Waals surface area contributed by atoms with E-state index in [1.807, 2.05) is 29.2 Å². The van der Waals surface area contributed by atoms with Crippen LogP contribution in [0.1, 0.15) is 44.6 Å². The number of carbonyl (C=O) groups excluding carboxylic acids is 1. The van der Waals surface area contributed by atoms with Crippen LogP contribution in [0.5, 0.6) is 5.75 Å². The molecule has 198 valence electrons. The Morgan fingerprint density at radius 3 is 2.39 bits per heavy atom. The smallest absolute Gasteiger partial charge is 0.316 e. The molecular formula is C30H33ClN4O3. The summed E-state index contributed by atoms with van der Waals surface area (Å²) in [6.45, 7) is 5.49. The maximum Gasteiger partial charge on any atom is 0.316 e. The molecule has 1 aromatic heterocycles. The lowest BCUT2D eigenvalue weighted by atomic mass is 9.77. The minimum absolute atomic E-state index is 0.123. The molecule has 1 amide bonds. The van der Waals surface area contributed by atoms with Crippen LogP contribution in [0, 0.1) is 10.8 Å². The largest absolute Gasteiger partial charge is 0.486 e. The SMILES string of the molecule is CC1(COc2c(N3CCC4(CCN(Cc5ccccc5)C4=O)CC3)cnn(-c3cccc(Cl)c3)c2=O)CC1. The van der Waals surface area contributed by atoms with Crippen molar-refractivity contribution in [1.82, 2.24) is 14.7 Å². The minimum atomic E-state index is -0.322. The number of carbonyl (C=O) groups is 1. The van der Waals surface area contributed by atoms with E-state index in [-0.39, 0.29) is 22.3 Å². The van der Waals surface area contributed by atoms with Gasteiger partial charge >= 0.3 is 5.56 Å². The van der Waals surface area contributed by atoms with Crippen LogP contribution in [0.4, 0.5) is 5.69 Å². The van der Waals surface area contributed by atoms with Crippen LogP contribution in [-0.4, -0.2) is 46.8 Å². The molecule has 3 aromatic rings. The van der Waals surface area contributed by atoms with Crippen molar-refractivity contribution in [2.24, 2.45) is 10.8 Å². The van der Waals surface area contributed by atoms with Crippen molar-refractivity contribution < 1.29 is 9.53 Å². The fourth-order valence-corrected chi connectivity index (χ4v) is 5.86. The lowest BCUT2D eigenvalue weighted by Crippen LogP contribution is -2.45. The number of piperidine rings is 1. The van der Waals surface area contributed by atoms with Crippen LogP contribution < -0.4 is 15.2 Å². The molecular weight excluding hydrogens is 500 g/mol. The van der Waals surface area contributed by atoms with E-state index in [0.29, 0.717) is 48.4 Å². The van der Waals surface area contributed by atoms with Crippen LogP contribution in [0.15, 0.2) is 65.6 Å². The molecule has 0 N–H and O–H groups in total. The van der Waals surface area contributed by atoms with Crippen LogP contribution in [0.3, 0.4) is 0 Å². The van der Waals surface area contributed by atoms with Gasteiger partial charge in [-0.1, -0.05) is 54.9 Å². The Bertz CT molecular complexity index is 1390. The first kappa shape index (κ1) is 25.0. The summed E-state index contributed by atoms with van der Waals surface area (Å²) in [6, 6.07) is 17.3. The Balaban J connectivity index is 1.22. The van der Waals surface area contributed by atoms with E-state index in [2.05, 4.69) is 29.1 Å². The maximum absolute atomic E-state index is 13.6. The highest BCUT2D eigenvalue weighted by Gasteiger charge is 2.48. The predicted octanol–water partition coefficient (Wildman–Crippen LogP) is 5.08. The van der Waals surface area contributed by atoms with Gasteiger partial charge in [-0.05, 0) is 55.9 Å². The highest BCUT2D eigenvalue weighted by Crippen LogP contribution is 2.46. The van der Waals surface area contributed by atoms with Gasteiger partial charge in [0.05, 0.1) is 23.9 Å². The van der Waals surface area contributed by atoms with E-state index in [9.17, 15) is 9.59 Å². The molecule has 6 rings (SSSR count). The number of halogens is 1. The number of benzene rings is 2. The highest BCUT2D eigenvalue weighted by atomic mass is 35.5. The van der Waals surface area contributed by atoms with Gasteiger partial charge in [0.25, 0.3) is 0 Å². The summed E-state index contributed by atoms with van der Waals surface area (Å²) in [5.41, 5.74) is 1.98. The van der Waals surface area contributed by atoms with Gasteiger partial charge in [0.1, 0.15) is 5.69 Å². The Labute approximate surface area is 228 Å². The van der Waals surface area contributed by atoms with Gasteiger partial charge in [-0.15, -0.1) is 0 Å². The van der Waals surface area contributed by atoms with Crippen molar-refractivity contribution in [3.63, 3.8) is 0 Å². The number of amides is 1. The van der Waals surface area contributed by atoms with Gasteiger partial charge < -0.3 is 14.5 Å². The molecule has 1 spiro atoms. The molecule has 2 aliphatic heterocycles. The highest BCUT2D eigenvalue weighted by molar-refractivity contribution is 6.30.